The van der Waals surface area contributed by atoms with Gasteiger partial charge in [-0.25, -0.2) is 0 Å². The Morgan fingerprint density at radius 3 is 2.35 bits per heavy atom. The lowest BCUT2D eigenvalue weighted by Crippen LogP contribution is -2.83. The Labute approximate surface area is 198 Å². The third kappa shape index (κ3) is 5.41. The van der Waals surface area contributed by atoms with Crippen molar-refractivity contribution >= 4 is 17.4 Å². The molecule has 3 aromatic rings. The molecule has 0 saturated carbocycles. The quantitative estimate of drug-likeness (QED) is 0.107. The standard InChI is InChI=1S/C26H28N4O4/c1-3-5-22-23(13-12-21(16(2)31)25(22)33)34-15-17-8-10-18(11-9-17)24(32)19-6-4-7-20(14-19)26(29-27)30-28/h4,6-14,33H,3,5,15,27-28H2,1-2H3,(H,29,30)/p+1. The predicted octanol–water partition coefficient (Wildman–Crippen LogP) is 1.52. The summed E-state index contributed by atoms with van der Waals surface area (Å²) in [4.78, 5) is 24.7. The first-order chi connectivity index (χ1) is 16.4. The van der Waals surface area contributed by atoms with E-state index < -0.39 is 0 Å². The van der Waals surface area contributed by atoms with E-state index in [1.807, 2.05) is 19.1 Å². The largest absolute Gasteiger partial charge is 0.507 e. The molecular weight excluding hydrogens is 432 g/mol. The van der Waals surface area contributed by atoms with Crippen molar-refractivity contribution in [3.8, 4) is 11.5 Å². The second-order valence-electron chi connectivity index (χ2n) is 7.80. The van der Waals surface area contributed by atoms with Crippen LogP contribution < -0.4 is 26.9 Å². The molecule has 8 heteroatoms. The van der Waals surface area contributed by atoms with E-state index in [2.05, 4.69) is 10.5 Å². The zero-order chi connectivity index (χ0) is 24.7. The third-order valence-corrected chi connectivity index (χ3v) is 5.43. The van der Waals surface area contributed by atoms with Gasteiger partial charge in [0.2, 0.25) is 0 Å². The van der Waals surface area contributed by atoms with Crippen molar-refractivity contribution in [3.63, 3.8) is 0 Å². The van der Waals surface area contributed by atoms with E-state index in [1.54, 1.807) is 48.5 Å². The van der Waals surface area contributed by atoms with Crippen LogP contribution in [-0.4, -0.2) is 22.5 Å². The van der Waals surface area contributed by atoms with Gasteiger partial charge in [0.1, 0.15) is 18.1 Å². The smallest absolute Gasteiger partial charge is 0.315 e. The van der Waals surface area contributed by atoms with Gasteiger partial charge >= 0.3 is 5.84 Å². The Kier molecular flexibility index (Phi) is 8.00. The number of nitrogens with one attached hydrogen (secondary N) is 2. The summed E-state index contributed by atoms with van der Waals surface area (Å²) in [5.74, 6) is 11.5. The van der Waals surface area contributed by atoms with Crippen molar-refractivity contribution in [1.29, 1.82) is 0 Å². The van der Waals surface area contributed by atoms with Crippen LogP contribution >= 0.6 is 0 Å². The molecule has 0 aliphatic rings. The number of phenolic OH excluding ortho intramolecular Hbond substituents is 1. The molecule has 0 aliphatic heterocycles. The predicted molar refractivity (Wildman–Crippen MR) is 129 cm³/mol. The number of hydrogen-bond donors (Lipinski definition) is 5. The molecule has 0 fully saturated rings. The first-order valence-electron chi connectivity index (χ1n) is 10.9. The van der Waals surface area contributed by atoms with Gasteiger partial charge in [-0.3, -0.25) is 15.4 Å². The van der Waals surface area contributed by atoms with E-state index in [1.165, 1.54) is 6.92 Å². The van der Waals surface area contributed by atoms with Crippen LogP contribution in [-0.2, 0) is 13.0 Å². The van der Waals surface area contributed by atoms with Gasteiger partial charge in [-0.05, 0) is 43.2 Å². The summed E-state index contributed by atoms with van der Waals surface area (Å²) in [6.07, 6.45) is 1.39. The van der Waals surface area contributed by atoms with Gasteiger partial charge < -0.3 is 9.84 Å². The number of Topliss-reactive ketones (excluding diaryl/α,β-unsaturated/α-hetero) is 1. The average molecular weight is 462 g/mol. The number of hydrogen-bond acceptors (Lipinski definition) is 6. The molecule has 0 spiro atoms. The first kappa shape index (κ1) is 24.5. The minimum Gasteiger partial charge on any atom is -0.507 e. The minimum atomic E-state index is -0.195. The summed E-state index contributed by atoms with van der Waals surface area (Å²) < 4.78 is 5.95. The summed E-state index contributed by atoms with van der Waals surface area (Å²) in [5, 5.41) is 13.0. The fourth-order valence-corrected chi connectivity index (χ4v) is 3.63. The Bertz CT molecular complexity index is 1220. The summed E-state index contributed by atoms with van der Waals surface area (Å²) in [6.45, 7) is 3.67. The molecule has 3 aromatic carbocycles. The highest BCUT2D eigenvalue weighted by molar-refractivity contribution is 6.10. The maximum atomic E-state index is 12.9. The molecule has 0 unspecified atom stereocenters. The number of phenols is 1. The van der Waals surface area contributed by atoms with Crippen LogP contribution in [0.3, 0.4) is 0 Å². The maximum Gasteiger partial charge on any atom is 0.315 e. The van der Waals surface area contributed by atoms with Crippen LogP contribution in [0.4, 0.5) is 0 Å². The number of aromatic hydroxyl groups is 1. The molecule has 0 atom stereocenters. The SMILES string of the molecule is CCCc1c(OCc2ccc(C(=O)c3cccc(C(NN)=[NH+]N)c3)cc2)ccc(C(C)=O)c1O. The van der Waals surface area contributed by atoms with Gasteiger partial charge in [0.05, 0.1) is 11.1 Å². The normalized spacial score (nSPS) is 11.2. The van der Waals surface area contributed by atoms with Crippen molar-refractivity contribution in [1.82, 2.24) is 5.43 Å². The molecule has 176 valence electrons. The fourth-order valence-electron chi connectivity index (χ4n) is 3.63. The molecule has 34 heavy (non-hydrogen) atoms. The monoisotopic (exact) mass is 461 g/mol. The van der Waals surface area contributed by atoms with E-state index in [-0.39, 0.29) is 29.5 Å². The molecule has 0 saturated heterocycles. The zero-order valence-electron chi connectivity index (χ0n) is 19.2. The Morgan fingerprint density at radius 1 is 1.03 bits per heavy atom. The third-order valence-electron chi connectivity index (χ3n) is 5.43. The van der Waals surface area contributed by atoms with Crippen LogP contribution in [0, 0.1) is 0 Å². The average Bonchev–Trinajstić information content (AvgIpc) is 2.85. The van der Waals surface area contributed by atoms with Crippen molar-refractivity contribution in [2.24, 2.45) is 11.7 Å². The van der Waals surface area contributed by atoms with Crippen molar-refractivity contribution in [2.75, 3.05) is 0 Å². The molecule has 7 N–H and O–H groups in total. The summed E-state index contributed by atoms with van der Waals surface area (Å²) in [7, 11) is 0. The molecule has 0 amide bonds. The Hall–Kier alpha value is -4.17. The van der Waals surface area contributed by atoms with E-state index >= 15 is 0 Å². The van der Waals surface area contributed by atoms with E-state index in [0.29, 0.717) is 40.3 Å². The van der Waals surface area contributed by atoms with Crippen molar-refractivity contribution in [3.05, 3.63) is 94.0 Å². The molecule has 3 rings (SSSR count). The number of nitrogens with two attached hydrogens (primary N) is 2. The molecular formula is C26H29N4O4+. The van der Waals surface area contributed by atoms with Crippen LogP contribution in [0.1, 0.15) is 63.2 Å². The number of ketones is 2. The highest BCUT2D eigenvalue weighted by Crippen LogP contribution is 2.33. The van der Waals surface area contributed by atoms with Crippen LogP contribution in [0.2, 0.25) is 0 Å². The number of carbonyl (C=O) groups excluding carboxylic acids is 2. The summed E-state index contributed by atoms with van der Waals surface area (Å²) >= 11 is 0. The number of benzene rings is 3. The van der Waals surface area contributed by atoms with Crippen LogP contribution in [0.25, 0.3) is 0 Å². The molecule has 0 aliphatic carbocycles. The lowest BCUT2D eigenvalue weighted by Gasteiger charge is -2.15. The summed E-state index contributed by atoms with van der Waals surface area (Å²) in [5.41, 5.74) is 5.90. The van der Waals surface area contributed by atoms with Gasteiger partial charge in [-0.2, -0.15) is 16.4 Å². The summed E-state index contributed by atoms with van der Waals surface area (Å²) in [6, 6.07) is 17.4. The van der Waals surface area contributed by atoms with Gasteiger partial charge in [-0.1, -0.05) is 49.7 Å². The number of hydrazone groups is 1. The highest BCUT2D eigenvalue weighted by atomic mass is 16.5. The Balaban J connectivity index is 1.75. The second kappa shape index (κ2) is 11.1. The second-order valence-corrected chi connectivity index (χ2v) is 7.80. The number of amidine groups is 1. The number of carbonyl (C=O) groups is 2. The van der Waals surface area contributed by atoms with E-state index in [9.17, 15) is 14.7 Å². The Morgan fingerprint density at radius 2 is 1.74 bits per heavy atom. The maximum absolute atomic E-state index is 12.9. The van der Waals surface area contributed by atoms with Crippen molar-refractivity contribution in [2.45, 2.75) is 33.3 Å². The molecule has 8 nitrogen and oxygen atoms in total. The minimum absolute atomic E-state index is 0.0231. The van der Waals surface area contributed by atoms with Gasteiger partial charge in [-0.15, -0.1) is 0 Å². The molecule has 0 bridgehead atoms. The molecule has 0 heterocycles. The molecule has 0 aromatic heterocycles. The van der Waals surface area contributed by atoms with E-state index in [0.717, 1.165) is 12.0 Å². The number of rotatable bonds is 9. The van der Waals surface area contributed by atoms with Gasteiger partial charge in [0.15, 0.2) is 11.6 Å². The molecule has 0 radical (unpaired) electrons. The van der Waals surface area contributed by atoms with Crippen LogP contribution in [0.15, 0.2) is 60.7 Å². The topological polar surface area (TPSA) is 142 Å². The first-order valence-corrected chi connectivity index (χ1v) is 10.9. The highest BCUT2D eigenvalue weighted by Gasteiger charge is 2.17. The number of ether oxygens (including phenoxy) is 1. The van der Waals surface area contributed by atoms with Gasteiger partial charge in [0.25, 0.3) is 0 Å². The van der Waals surface area contributed by atoms with E-state index in [4.69, 9.17) is 16.4 Å². The van der Waals surface area contributed by atoms with Gasteiger partial charge in [0, 0.05) is 16.7 Å². The lowest BCUT2D eigenvalue weighted by molar-refractivity contribution is -0.471. The van der Waals surface area contributed by atoms with Crippen LogP contribution in [0.5, 0.6) is 11.5 Å². The zero-order valence-corrected chi connectivity index (χ0v) is 19.2. The van der Waals surface area contributed by atoms with Crippen molar-refractivity contribution < 1.29 is 24.5 Å². The fraction of sp³-hybridized carbons (Fsp3) is 0.192. The number of hydrazine groups is 2. The lowest BCUT2D eigenvalue weighted by atomic mass is 10.00.